The van der Waals surface area contributed by atoms with Crippen LogP contribution in [0.25, 0.3) is 0 Å². The molecule has 17 heavy (non-hydrogen) atoms. The summed E-state index contributed by atoms with van der Waals surface area (Å²) in [5.41, 5.74) is 12.7. The van der Waals surface area contributed by atoms with E-state index in [4.69, 9.17) is 16.2 Å². The number of methoxy groups -OCH3 is 1. The van der Waals surface area contributed by atoms with Gasteiger partial charge in [0.2, 0.25) is 5.78 Å². The third kappa shape index (κ3) is 2.09. The zero-order valence-electron chi connectivity index (χ0n) is 9.27. The summed E-state index contributed by atoms with van der Waals surface area (Å²) >= 11 is 1.33. The van der Waals surface area contributed by atoms with E-state index in [2.05, 4.69) is 0 Å². The Morgan fingerprint density at radius 2 is 2.06 bits per heavy atom. The van der Waals surface area contributed by atoms with E-state index in [9.17, 15) is 4.79 Å². The van der Waals surface area contributed by atoms with Crippen LogP contribution < -0.4 is 16.2 Å². The second-order valence-electron chi connectivity index (χ2n) is 3.49. The fourth-order valence-electron chi connectivity index (χ4n) is 1.53. The molecule has 5 heteroatoms. The number of ketones is 1. The van der Waals surface area contributed by atoms with Crippen LogP contribution in [0.15, 0.2) is 29.6 Å². The van der Waals surface area contributed by atoms with Gasteiger partial charge >= 0.3 is 0 Å². The molecule has 1 aromatic heterocycles. The number of nitrogen functional groups attached to an aromatic ring is 2. The van der Waals surface area contributed by atoms with Gasteiger partial charge in [0.25, 0.3) is 0 Å². The minimum atomic E-state index is -0.144. The number of hydrogen-bond acceptors (Lipinski definition) is 5. The Bertz CT molecular complexity index is 563. The summed E-state index contributed by atoms with van der Waals surface area (Å²) in [7, 11) is 1.53. The monoisotopic (exact) mass is 248 g/mol. The molecule has 1 heterocycles. The van der Waals surface area contributed by atoms with E-state index in [-0.39, 0.29) is 5.78 Å². The van der Waals surface area contributed by atoms with E-state index < -0.39 is 0 Å². The maximum atomic E-state index is 12.2. The molecule has 0 unspecified atom stereocenters. The van der Waals surface area contributed by atoms with E-state index in [1.165, 1.54) is 18.4 Å². The predicted molar refractivity (Wildman–Crippen MR) is 69.6 cm³/mol. The first-order valence-corrected chi connectivity index (χ1v) is 5.82. The van der Waals surface area contributed by atoms with Crippen molar-refractivity contribution >= 4 is 28.5 Å². The van der Waals surface area contributed by atoms with Gasteiger partial charge < -0.3 is 16.2 Å². The van der Waals surface area contributed by atoms with Gasteiger partial charge in [-0.25, -0.2) is 0 Å². The quantitative estimate of drug-likeness (QED) is 0.644. The van der Waals surface area contributed by atoms with Crippen LogP contribution in [0.2, 0.25) is 0 Å². The minimum absolute atomic E-state index is 0.144. The topological polar surface area (TPSA) is 78.3 Å². The Kier molecular flexibility index (Phi) is 3.01. The SMILES string of the molecule is COc1ccsc1C(=O)c1ccc(N)cc1N. The van der Waals surface area contributed by atoms with Crippen molar-refractivity contribution in [3.8, 4) is 5.75 Å². The zero-order chi connectivity index (χ0) is 12.4. The van der Waals surface area contributed by atoms with Crippen LogP contribution in [0.3, 0.4) is 0 Å². The maximum absolute atomic E-state index is 12.2. The van der Waals surface area contributed by atoms with Crippen LogP contribution in [0.1, 0.15) is 15.2 Å². The molecule has 0 amide bonds. The number of thiophene rings is 1. The summed E-state index contributed by atoms with van der Waals surface area (Å²) < 4.78 is 5.12. The molecule has 2 rings (SSSR count). The Balaban J connectivity index is 2.44. The summed E-state index contributed by atoms with van der Waals surface area (Å²) in [6.07, 6.45) is 0. The van der Waals surface area contributed by atoms with Crippen molar-refractivity contribution in [3.05, 3.63) is 40.1 Å². The van der Waals surface area contributed by atoms with Crippen LogP contribution in [0.4, 0.5) is 11.4 Å². The molecule has 2 aromatic rings. The average Bonchev–Trinajstić information content (AvgIpc) is 2.76. The summed E-state index contributed by atoms with van der Waals surface area (Å²) in [6, 6.07) is 6.62. The number of nitrogens with two attached hydrogens (primary N) is 2. The van der Waals surface area contributed by atoms with Crippen LogP contribution in [-0.2, 0) is 0 Å². The number of ether oxygens (including phenoxy) is 1. The van der Waals surface area contributed by atoms with E-state index in [0.29, 0.717) is 27.6 Å². The summed E-state index contributed by atoms with van der Waals surface area (Å²) in [5.74, 6) is 0.422. The largest absolute Gasteiger partial charge is 0.495 e. The molecule has 4 N–H and O–H groups in total. The Morgan fingerprint density at radius 3 is 2.71 bits per heavy atom. The van der Waals surface area contributed by atoms with Crippen LogP contribution >= 0.6 is 11.3 Å². The van der Waals surface area contributed by atoms with Crippen LogP contribution in [0.5, 0.6) is 5.75 Å². The first kappa shape index (κ1) is 11.5. The number of anilines is 2. The molecule has 0 saturated carbocycles. The number of carbonyl (C=O) groups is 1. The Labute approximate surface area is 103 Å². The summed E-state index contributed by atoms with van der Waals surface area (Å²) in [5, 5.41) is 1.81. The average molecular weight is 248 g/mol. The maximum Gasteiger partial charge on any atom is 0.208 e. The van der Waals surface area contributed by atoms with Gasteiger partial charge in [-0.3, -0.25) is 4.79 Å². The number of benzene rings is 1. The van der Waals surface area contributed by atoms with Gasteiger partial charge in [0, 0.05) is 16.9 Å². The highest BCUT2D eigenvalue weighted by atomic mass is 32.1. The summed E-state index contributed by atoms with van der Waals surface area (Å²) in [6.45, 7) is 0. The smallest absolute Gasteiger partial charge is 0.208 e. The van der Waals surface area contributed by atoms with E-state index >= 15 is 0 Å². The molecule has 4 nitrogen and oxygen atoms in total. The van der Waals surface area contributed by atoms with Gasteiger partial charge in [-0.15, -0.1) is 11.3 Å². The van der Waals surface area contributed by atoms with Gasteiger partial charge in [0.1, 0.15) is 10.6 Å². The van der Waals surface area contributed by atoms with Crippen molar-refractivity contribution in [2.75, 3.05) is 18.6 Å². The normalized spacial score (nSPS) is 10.2. The second-order valence-corrected chi connectivity index (χ2v) is 4.41. The highest BCUT2D eigenvalue weighted by Crippen LogP contribution is 2.29. The van der Waals surface area contributed by atoms with Gasteiger partial charge in [0.05, 0.1) is 7.11 Å². The molecule has 0 aliphatic carbocycles. The molecule has 0 aliphatic heterocycles. The molecule has 0 aliphatic rings. The van der Waals surface area contributed by atoms with Gasteiger partial charge in [-0.2, -0.15) is 0 Å². The summed E-state index contributed by atoms with van der Waals surface area (Å²) in [4.78, 5) is 12.8. The van der Waals surface area contributed by atoms with Crippen molar-refractivity contribution < 1.29 is 9.53 Å². The van der Waals surface area contributed by atoms with E-state index in [0.717, 1.165) is 0 Å². The van der Waals surface area contributed by atoms with Crippen molar-refractivity contribution in [1.82, 2.24) is 0 Å². The lowest BCUT2D eigenvalue weighted by molar-refractivity contribution is 0.104. The third-order valence-corrected chi connectivity index (χ3v) is 3.27. The van der Waals surface area contributed by atoms with Crippen molar-refractivity contribution in [2.24, 2.45) is 0 Å². The molecule has 0 saturated heterocycles. The molecular formula is C12H12N2O2S. The zero-order valence-corrected chi connectivity index (χ0v) is 10.1. The Morgan fingerprint density at radius 1 is 1.29 bits per heavy atom. The molecule has 0 atom stereocenters. The molecule has 1 aromatic carbocycles. The Hall–Kier alpha value is -2.01. The number of rotatable bonds is 3. The van der Waals surface area contributed by atoms with E-state index in [1.807, 2.05) is 0 Å². The number of carbonyl (C=O) groups excluding carboxylic acids is 1. The highest BCUT2D eigenvalue weighted by Gasteiger charge is 2.18. The highest BCUT2D eigenvalue weighted by molar-refractivity contribution is 7.12. The van der Waals surface area contributed by atoms with Gasteiger partial charge in [-0.05, 0) is 29.6 Å². The van der Waals surface area contributed by atoms with E-state index in [1.54, 1.807) is 29.6 Å². The fourth-order valence-corrected chi connectivity index (χ4v) is 2.35. The molecule has 0 radical (unpaired) electrons. The molecule has 0 spiro atoms. The van der Waals surface area contributed by atoms with Gasteiger partial charge in [0.15, 0.2) is 0 Å². The molecule has 88 valence electrons. The third-order valence-electron chi connectivity index (χ3n) is 2.38. The van der Waals surface area contributed by atoms with Crippen molar-refractivity contribution in [1.29, 1.82) is 0 Å². The predicted octanol–water partition coefficient (Wildman–Crippen LogP) is 2.15. The molecular weight excluding hydrogens is 236 g/mol. The lowest BCUT2D eigenvalue weighted by Crippen LogP contribution is -2.05. The first-order valence-electron chi connectivity index (χ1n) is 4.94. The minimum Gasteiger partial charge on any atom is -0.495 e. The van der Waals surface area contributed by atoms with Crippen LogP contribution in [0, 0.1) is 0 Å². The van der Waals surface area contributed by atoms with Crippen LogP contribution in [-0.4, -0.2) is 12.9 Å². The fraction of sp³-hybridized carbons (Fsp3) is 0.0833. The lowest BCUT2D eigenvalue weighted by Gasteiger charge is -2.06. The first-order chi connectivity index (χ1) is 8.13. The standard InChI is InChI=1S/C12H12N2O2S/c1-16-10-4-5-17-12(10)11(15)8-3-2-7(13)6-9(8)14/h2-6H,13-14H2,1H3. The second kappa shape index (κ2) is 4.47. The van der Waals surface area contributed by atoms with Crippen molar-refractivity contribution in [2.45, 2.75) is 0 Å². The lowest BCUT2D eigenvalue weighted by atomic mass is 10.1. The molecule has 0 bridgehead atoms. The van der Waals surface area contributed by atoms with Gasteiger partial charge in [-0.1, -0.05) is 0 Å². The number of hydrogen-bond donors (Lipinski definition) is 2. The van der Waals surface area contributed by atoms with Crippen molar-refractivity contribution in [3.63, 3.8) is 0 Å². The molecule has 0 fully saturated rings.